The molecule has 2 aromatic rings. The lowest BCUT2D eigenvalue weighted by molar-refractivity contribution is 0.130. The molecular formula is C17H20BrN5. The number of nitriles is 1. The smallest absolute Gasteiger partial charge is 0.141 e. The fraction of sp³-hybridized carbons (Fsp3) is 0.412. The van der Waals surface area contributed by atoms with Crippen LogP contribution in [0.2, 0.25) is 0 Å². The van der Waals surface area contributed by atoms with Gasteiger partial charge in [0.15, 0.2) is 0 Å². The highest BCUT2D eigenvalue weighted by atomic mass is 79.9. The van der Waals surface area contributed by atoms with Crippen LogP contribution in [0, 0.1) is 11.3 Å². The molecular weight excluding hydrogens is 354 g/mol. The molecule has 0 spiro atoms. The molecule has 1 aromatic carbocycles. The van der Waals surface area contributed by atoms with Crippen LogP contribution in [-0.2, 0) is 7.05 Å². The third-order valence-corrected chi connectivity index (χ3v) is 4.99. The normalized spacial score (nSPS) is 17.8. The maximum atomic E-state index is 9.76. The molecule has 0 N–H and O–H groups in total. The predicted octanol–water partition coefficient (Wildman–Crippen LogP) is 2.66. The number of hydrogen-bond donors (Lipinski definition) is 0. The summed E-state index contributed by atoms with van der Waals surface area (Å²) in [6.45, 7) is 3.76. The van der Waals surface area contributed by atoms with Gasteiger partial charge in [-0.25, -0.2) is 4.98 Å². The zero-order valence-corrected chi connectivity index (χ0v) is 15.0. The number of halogens is 1. The summed E-state index contributed by atoms with van der Waals surface area (Å²) in [5, 5.41) is 9.76. The van der Waals surface area contributed by atoms with E-state index in [-0.39, 0.29) is 6.04 Å². The summed E-state index contributed by atoms with van der Waals surface area (Å²) in [5.41, 5.74) is 1.98. The molecule has 1 unspecified atom stereocenters. The van der Waals surface area contributed by atoms with Crippen molar-refractivity contribution in [2.45, 2.75) is 6.04 Å². The van der Waals surface area contributed by atoms with E-state index in [1.165, 1.54) is 0 Å². The Morgan fingerprint density at radius 3 is 2.39 bits per heavy atom. The average molecular weight is 374 g/mol. The van der Waals surface area contributed by atoms with Crippen molar-refractivity contribution in [2.24, 2.45) is 7.05 Å². The lowest BCUT2D eigenvalue weighted by Crippen LogP contribution is -2.46. The zero-order valence-electron chi connectivity index (χ0n) is 13.4. The van der Waals surface area contributed by atoms with E-state index in [4.69, 9.17) is 0 Å². The number of imidazole rings is 1. The molecule has 120 valence electrons. The highest BCUT2D eigenvalue weighted by Gasteiger charge is 2.29. The van der Waals surface area contributed by atoms with Gasteiger partial charge in [-0.3, -0.25) is 4.90 Å². The van der Waals surface area contributed by atoms with Crippen molar-refractivity contribution in [2.75, 3.05) is 33.2 Å². The van der Waals surface area contributed by atoms with Gasteiger partial charge in [-0.05, 0) is 23.0 Å². The third kappa shape index (κ3) is 3.18. The van der Waals surface area contributed by atoms with E-state index < -0.39 is 0 Å². The summed E-state index contributed by atoms with van der Waals surface area (Å²) in [6, 6.07) is 12.2. The van der Waals surface area contributed by atoms with Gasteiger partial charge in [0, 0.05) is 38.8 Å². The van der Waals surface area contributed by atoms with Crippen molar-refractivity contribution < 1.29 is 0 Å². The van der Waals surface area contributed by atoms with Crippen LogP contribution in [-0.4, -0.2) is 52.6 Å². The molecule has 5 nitrogen and oxygen atoms in total. The number of aromatic nitrogens is 2. The molecule has 1 aliphatic rings. The average Bonchev–Trinajstić information content (AvgIpc) is 2.86. The van der Waals surface area contributed by atoms with Gasteiger partial charge in [0.25, 0.3) is 0 Å². The molecule has 0 bridgehead atoms. The SMILES string of the molecule is CN1CCN(C(C#N)c2c(Br)nc(-c3ccccc3)n2C)CC1. The summed E-state index contributed by atoms with van der Waals surface area (Å²) in [4.78, 5) is 9.17. The molecule has 0 amide bonds. The summed E-state index contributed by atoms with van der Waals surface area (Å²) < 4.78 is 2.79. The van der Waals surface area contributed by atoms with Gasteiger partial charge in [0.1, 0.15) is 16.5 Å². The molecule has 1 saturated heterocycles. The molecule has 6 heteroatoms. The lowest BCUT2D eigenvalue weighted by Gasteiger charge is -2.35. The van der Waals surface area contributed by atoms with Gasteiger partial charge in [0.05, 0.1) is 11.8 Å². The van der Waals surface area contributed by atoms with Gasteiger partial charge in [0.2, 0.25) is 0 Å². The first kappa shape index (κ1) is 16.2. The van der Waals surface area contributed by atoms with Crippen LogP contribution in [0.25, 0.3) is 11.4 Å². The molecule has 2 heterocycles. The predicted molar refractivity (Wildman–Crippen MR) is 93.8 cm³/mol. The molecule has 1 atom stereocenters. The third-order valence-electron chi connectivity index (χ3n) is 4.41. The molecule has 0 radical (unpaired) electrons. The minimum atomic E-state index is -0.284. The van der Waals surface area contributed by atoms with Gasteiger partial charge < -0.3 is 9.47 Å². The van der Waals surface area contributed by atoms with Crippen LogP contribution in [0.15, 0.2) is 34.9 Å². The van der Waals surface area contributed by atoms with Crippen molar-refractivity contribution in [1.82, 2.24) is 19.4 Å². The second kappa shape index (κ2) is 6.83. The highest BCUT2D eigenvalue weighted by molar-refractivity contribution is 9.10. The lowest BCUT2D eigenvalue weighted by atomic mass is 10.1. The van der Waals surface area contributed by atoms with Crippen molar-refractivity contribution in [3.05, 3.63) is 40.6 Å². The van der Waals surface area contributed by atoms with Gasteiger partial charge in [-0.15, -0.1) is 0 Å². The minimum Gasteiger partial charge on any atom is -0.328 e. The second-order valence-corrected chi connectivity index (χ2v) is 6.66. The van der Waals surface area contributed by atoms with E-state index in [1.54, 1.807) is 0 Å². The largest absolute Gasteiger partial charge is 0.328 e. The molecule has 0 aliphatic carbocycles. The topological polar surface area (TPSA) is 48.1 Å². The van der Waals surface area contributed by atoms with Crippen LogP contribution in [0.4, 0.5) is 0 Å². The Bertz CT molecular complexity index is 711. The maximum absolute atomic E-state index is 9.76. The highest BCUT2D eigenvalue weighted by Crippen LogP contribution is 2.32. The number of rotatable bonds is 3. The molecule has 1 aromatic heterocycles. The number of piperazine rings is 1. The summed E-state index contributed by atoms with van der Waals surface area (Å²) >= 11 is 3.57. The van der Waals surface area contributed by atoms with Crippen LogP contribution >= 0.6 is 15.9 Å². The van der Waals surface area contributed by atoms with E-state index in [0.717, 1.165) is 47.9 Å². The molecule has 23 heavy (non-hydrogen) atoms. The first-order valence-electron chi connectivity index (χ1n) is 7.71. The minimum absolute atomic E-state index is 0.284. The molecule has 1 aliphatic heterocycles. The van der Waals surface area contributed by atoms with Gasteiger partial charge in [-0.1, -0.05) is 30.3 Å². The van der Waals surface area contributed by atoms with E-state index in [2.05, 4.69) is 43.8 Å². The standard InChI is InChI=1S/C17H20BrN5/c1-21-8-10-23(11-9-21)14(12-19)15-16(18)20-17(22(15)2)13-6-4-3-5-7-13/h3-7,14H,8-11H2,1-2H3. The Morgan fingerprint density at radius 2 is 1.78 bits per heavy atom. The Morgan fingerprint density at radius 1 is 1.13 bits per heavy atom. The fourth-order valence-electron chi connectivity index (χ4n) is 3.02. The fourth-order valence-corrected chi connectivity index (χ4v) is 3.67. The number of likely N-dealkylation sites (N-methyl/N-ethyl adjacent to an activating group) is 1. The van der Waals surface area contributed by atoms with Gasteiger partial charge >= 0.3 is 0 Å². The summed E-state index contributed by atoms with van der Waals surface area (Å²) in [6.07, 6.45) is 0. The second-order valence-electron chi connectivity index (χ2n) is 5.91. The first-order valence-corrected chi connectivity index (χ1v) is 8.51. The maximum Gasteiger partial charge on any atom is 0.141 e. The van der Waals surface area contributed by atoms with Crippen LogP contribution in [0.1, 0.15) is 11.7 Å². The van der Waals surface area contributed by atoms with Gasteiger partial charge in [-0.2, -0.15) is 5.26 Å². The number of hydrogen-bond acceptors (Lipinski definition) is 4. The Hall–Kier alpha value is -1.68. The molecule has 3 rings (SSSR count). The van der Waals surface area contributed by atoms with Crippen LogP contribution in [0.5, 0.6) is 0 Å². The monoisotopic (exact) mass is 373 g/mol. The van der Waals surface area contributed by atoms with Crippen molar-refractivity contribution in [1.29, 1.82) is 5.26 Å². The van der Waals surface area contributed by atoms with E-state index in [0.29, 0.717) is 0 Å². The van der Waals surface area contributed by atoms with E-state index in [9.17, 15) is 5.26 Å². The van der Waals surface area contributed by atoms with Crippen LogP contribution < -0.4 is 0 Å². The summed E-state index contributed by atoms with van der Waals surface area (Å²) in [7, 11) is 4.10. The van der Waals surface area contributed by atoms with Crippen molar-refractivity contribution in [3.8, 4) is 17.5 Å². The Labute approximate surface area is 145 Å². The first-order chi connectivity index (χ1) is 11.1. The Balaban J connectivity index is 1.96. The molecule has 1 fully saturated rings. The molecule has 0 saturated carbocycles. The summed E-state index contributed by atoms with van der Waals surface area (Å²) in [5.74, 6) is 0.877. The van der Waals surface area contributed by atoms with E-state index in [1.807, 2.05) is 41.9 Å². The quantitative estimate of drug-likeness (QED) is 0.829. The Kier molecular flexibility index (Phi) is 4.81. The van der Waals surface area contributed by atoms with Crippen molar-refractivity contribution in [3.63, 3.8) is 0 Å². The number of nitrogens with zero attached hydrogens (tertiary/aromatic N) is 5. The van der Waals surface area contributed by atoms with Crippen molar-refractivity contribution >= 4 is 15.9 Å². The van der Waals surface area contributed by atoms with E-state index >= 15 is 0 Å². The van der Waals surface area contributed by atoms with Crippen LogP contribution in [0.3, 0.4) is 0 Å². The zero-order chi connectivity index (χ0) is 16.4. The number of benzene rings is 1.